The van der Waals surface area contributed by atoms with E-state index in [1.807, 2.05) is 28.7 Å². The van der Waals surface area contributed by atoms with Crippen LogP contribution in [0.3, 0.4) is 0 Å². The fourth-order valence-corrected chi connectivity index (χ4v) is 11.2. The van der Waals surface area contributed by atoms with Crippen molar-refractivity contribution in [3.63, 3.8) is 0 Å². The van der Waals surface area contributed by atoms with Crippen molar-refractivity contribution < 1.29 is 0 Å². The molecule has 0 aliphatic carbocycles. The number of amidine groups is 1. The molecule has 0 amide bonds. The van der Waals surface area contributed by atoms with Crippen molar-refractivity contribution in [2.24, 2.45) is 4.99 Å². The third-order valence-corrected chi connectivity index (χ3v) is 13.8. The molecule has 0 bridgehead atoms. The van der Waals surface area contributed by atoms with Gasteiger partial charge in [-0.15, -0.1) is 22.7 Å². The predicted octanol–water partition coefficient (Wildman–Crippen LogP) is 13.5. The Labute approximate surface area is 337 Å². The number of aromatic nitrogens is 1. The summed E-state index contributed by atoms with van der Waals surface area (Å²) in [5.74, 6) is 0.896. The zero-order valence-electron chi connectivity index (χ0n) is 30.7. The highest BCUT2D eigenvalue weighted by atomic mass is 32.1. The number of rotatable bonds is 5. The number of thiophene rings is 2. The molecular weight excluding hydrogens is 733 g/mol. The van der Waals surface area contributed by atoms with E-state index in [9.17, 15) is 0 Å². The lowest BCUT2D eigenvalue weighted by Gasteiger charge is -2.32. The summed E-state index contributed by atoms with van der Waals surface area (Å²) in [6.45, 7) is 0. The van der Waals surface area contributed by atoms with Gasteiger partial charge in [0, 0.05) is 62.2 Å². The van der Waals surface area contributed by atoms with Crippen LogP contribution in [0.5, 0.6) is 0 Å². The fraction of sp³-hybridized carbons (Fsp3) is 0.0392. The molecule has 1 aliphatic rings. The molecule has 4 heterocycles. The second kappa shape index (κ2) is 13.0. The van der Waals surface area contributed by atoms with E-state index in [0.29, 0.717) is 0 Å². The maximum Gasteiger partial charge on any atom is 0.131 e. The van der Waals surface area contributed by atoms with Crippen LogP contribution in [-0.2, 0) is 0 Å². The highest BCUT2D eigenvalue weighted by Crippen LogP contribution is 2.44. The van der Waals surface area contributed by atoms with Gasteiger partial charge in [0.2, 0.25) is 0 Å². The molecule has 6 heteroatoms. The fourth-order valence-electron chi connectivity index (χ4n) is 8.85. The van der Waals surface area contributed by atoms with Gasteiger partial charge in [-0.1, -0.05) is 140 Å². The summed E-state index contributed by atoms with van der Waals surface area (Å²) in [5, 5.41) is 15.2. The van der Waals surface area contributed by atoms with Crippen molar-refractivity contribution in [2.45, 2.75) is 12.3 Å². The first-order chi connectivity index (χ1) is 28.2. The van der Waals surface area contributed by atoms with E-state index < -0.39 is 0 Å². The number of aliphatic imine (C=N–C) groups is 1. The average Bonchev–Trinajstić information content (AvgIpc) is 3.96. The molecule has 4 nitrogen and oxygen atoms in total. The maximum atomic E-state index is 5.28. The van der Waals surface area contributed by atoms with Gasteiger partial charge in [0.25, 0.3) is 0 Å². The van der Waals surface area contributed by atoms with E-state index in [1.165, 1.54) is 90.1 Å². The molecule has 0 saturated carbocycles. The van der Waals surface area contributed by atoms with Crippen LogP contribution in [0.1, 0.15) is 29.0 Å². The zero-order valence-corrected chi connectivity index (χ0v) is 32.3. The number of hydrogen-bond donors (Lipinski definition) is 2. The van der Waals surface area contributed by atoms with Crippen LogP contribution in [-0.4, -0.2) is 10.4 Å². The summed E-state index contributed by atoms with van der Waals surface area (Å²) in [6.07, 6.45) is -0.298. The monoisotopic (exact) mass is 766 g/mol. The van der Waals surface area contributed by atoms with Crippen LogP contribution >= 0.6 is 22.7 Å². The molecule has 0 saturated heterocycles. The van der Waals surface area contributed by atoms with Gasteiger partial charge in [0.1, 0.15) is 18.2 Å². The quantitative estimate of drug-likeness (QED) is 0.183. The minimum atomic E-state index is -0.217. The largest absolute Gasteiger partial charge is 0.350 e. The smallest absolute Gasteiger partial charge is 0.131 e. The summed E-state index contributed by atoms with van der Waals surface area (Å²) in [4.78, 5) is 5.28. The van der Waals surface area contributed by atoms with Crippen molar-refractivity contribution >= 4 is 90.7 Å². The zero-order chi connectivity index (χ0) is 37.5. The molecule has 0 spiro atoms. The van der Waals surface area contributed by atoms with Crippen LogP contribution in [0.15, 0.2) is 187 Å². The first-order valence-electron chi connectivity index (χ1n) is 19.4. The van der Waals surface area contributed by atoms with Crippen molar-refractivity contribution in [1.29, 1.82) is 0 Å². The lowest BCUT2D eigenvalue weighted by atomic mass is 10.00. The van der Waals surface area contributed by atoms with Crippen LogP contribution in [0.4, 0.5) is 0 Å². The number of benzene rings is 8. The SMILES string of the molecule is c1ccc(C2=NC(c3cccc4c3sc3ccc(-c5ccc6c(c5)sc5cccc(-n7c8ccccc8c8ccccc87)c56)cc34)NC(c3ccccc3)N2)cc1. The summed E-state index contributed by atoms with van der Waals surface area (Å²) < 4.78 is 7.59. The lowest BCUT2D eigenvalue weighted by molar-refractivity contribution is 0.411. The molecule has 2 atom stereocenters. The number of hydrogen-bond acceptors (Lipinski definition) is 5. The van der Waals surface area contributed by atoms with Gasteiger partial charge in [-0.3, -0.25) is 5.32 Å². The van der Waals surface area contributed by atoms with E-state index in [0.717, 1.165) is 11.4 Å². The lowest BCUT2D eigenvalue weighted by Crippen LogP contribution is -2.44. The number of para-hydroxylation sites is 2. The van der Waals surface area contributed by atoms with Gasteiger partial charge in [-0.25, -0.2) is 4.99 Å². The second-order valence-electron chi connectivity index (χ2n) is 14.8. The molecule has 11 aromatic rings. The van der Waals surface area contributed by atoms with Crippen molar-refractivity contribution in [2.75, 3.05) is 0 Å². The van der Waals surface area contributed by atoms with Crippen LogP contribution in [0, 0.1) is 0 Å². The normalized spacial score (nSPS) is 15.9. The molecule has 2 unspecified atom stereocenters. The summed E-state index contributed by atoms with van der Waals surface area (Å²) in [5.41, 5.74) is 9.60. The summed E-state index contributed by atoms with van der Waals surface area (Å²) in [6, 6.07) is 66.0. The second-order valence-corrected chi connectivity index (χ2v) is 16.9. The molecule has 57 heavy (non-hydrogen) atoms. The molecule has 0 fully saturated rings. The van der Waals surface area contributed by atoms with Crippen LogP contribution < -0.4 is 10.6 Å². The van der Waals surface area contributed by atoms with Crippen molar-refractivity contribution in [3.05, 3.63) is 199 Å². The van der Waals surface area contributed by atoms with Gasteiger partial charge in [0.05, 0.1) is 16.7 Å². The summed E-state index contributed by atoms with van der Waals surface area (Å²) >= 11 is 3.74. The third kappa shape index (κ3) is 5.26. The topological polar surface area (TPSA) is 41.4 Å². The maximum absolute atomic E-state index is 5.28. The van der Waals surface area contributed by atoms with E-state index >= 15 is 0 Å². The number of nitrogens with zero attached hydrogens (tertiary/aromatic N) is 2. The molecule has 2 N–H and O–H groups in total. The van der Waals surface area contributed by atoms with Crippen LogP contribution in [0.2, 0.25) is 0 Å². The standard InChI is InChI=1S/C51H34N4S2/c1-3-13-31(14-4-1)49-52-50(32-15-5-2-6-16-32)54-51(53-49)39-20-11-19-37-40-29-33(26-28-44(40)57-48(37)39)34-25-27-38-46(30-34)56-45-24-12-23-43(47(38)45)55-41-21-9-7-17-35(41)36-18-8-10-22-42(36)55/h1-30,49,51,53H,(H,52,54). The van der Waals surface area contributed by atoms with Gasteiger partial charge in [0.15, 0.2) is 0 Å². The van der Waals surface area contributed by atoms with Gasteiger partial charge in [-0.05, 0) is 59.2 Å². The van der Waals surface area contributed by atoms with Crippen LogP contribution in [0.25, 0.3) is 79.0 Å². The van der Waals surface area contributed by atoms with E-state index in [4.69, 9.17) is 4.99 Å². The van der Waals surface area contributed by atoms with Crippen molar-refractivity contribution in [1.82, 2.24) is 15.2 Å². The molecule has 8 aromatic carbocycles. The molecule has 12 rings (SSSR count). The van der Waals surface area contributed by atoms with E-state index in [2.05, 4.69) is 191 Å². The predicted molar refractivity (Wildman–Crippen MR) is 243 cm³/mol. The summed E-state index contributed by atoms with van der Waals surface area (Å²) in [7, 11) is 0. The molecule has 270 valence electrons. The van der Waals surface area contributed by atoms with Gasteiger partial charge < -0.3 is 9.88 Å². The third-order valence-electron chi connectivity index (χ3n) is 11.5. The van der Waals surface area contributed by atoms with E-state index in [1.54, 1.807) is 0 Å². The Morgan fingerprint density at radius 1 is 0.474 bits per heavy atom. The highest BCUT2D eigenvalue weighted by molar-refractivity contribution is 7.26. The van der Waals surface area contributed by atoms with Gasteiger partial charge >= 0.3 is 0 Å². The Morgan fingerprint density at radius 2 is 1.16 bits per heavy atom. The Hall–Kier alpha value is -6.57. The Balaban J connectivity index is 0.958. The Kier molecular flexibility index (Phi) is 7.45. The average molecular weight is 767 g/mol. The Bertz CT molecular complexity index is 3320. The first-order valence-corrected chi connectivity index (χ1v) is 21.0. The minimum Gasteiger partial charge on any atom is -0.350 e. The number of fused-ring (bicyclic) bond motifs is 9. The minimum absolute atomic E-state index is 0.0815. The Morgan fingerprint density at radius 3 is 1.96 bits per heavy atom. The molecule has 1 aliphatic heterocycles. The molecular formula is C51H34N4S2. The molecule has 3 aromatic heterocycles. The van der Waals surface area contributed by atoms with Gasteiger partial charge in [-0.2, -0.15) is 0 Å². The highest BCUT2D eigenvalue weighted by Gasteiger charge is 2.27. The first kappa shape index (κ1) is 32.7. The molecule has 0 radical (unpaired) electrons. The van der Waals surface area contributed by atoms with E-state index in [-0.39, 0.29) is 12.3 Å². The van der Waals surface area contributed by atoms with Crippen molar-refractivity contribution in [3.8, 4) is 16.8 Å². The number of nitrogens with one attached hydrogen (secondary N) is 2.